The molecule has 0 radical (unpaired) electrons. The largest absolute Gasteiger partial charge is 0.462 e. The van der Waals surface area contributed by atoms with E-state index in [0.29, 0.717) is 16.8 Å². The molecule has 0 saturated carbocycles. The van der Waals surface area contributed by atoms with Crippen molar-refractivity contribution < 1.29 is 19.1 Å². The Morgan fingerprint density at radius 1 is 1.22 bits per heavy atom. The summed E-state index contributed by atoms with van der Waals surface area (Å²) in [6.07, 6.45) is 1.49. The zero-order valence-corrected chi connectivity index (χ0v) is 14.6. The number of ketones is 1. The maximum atomic E-state index is 12.7. The van der Waals surface area contributed by atoms with E-state index >= 15 is 0 Å². The van der Waals surface area contributed by atoms with Gasteiger partial charge in [0.1, 0.15) is 0 Å². The number of nitrogens with one attached hydrogen (secondary N) is 1. The van der Waals surface area contributed by atoms with Crippen LogP contribution in [0.15, 0.2) is 71.8 Å². The molecule has 1 N–H and O–H groups in total. The first-order chi connectivity index (χ1) is 13.1. The van der Waals surface area contributed by atoms with E-state index in [1.54, 1.807) is 43.3 Å². The molecule has 0 atom stereocenters. The third-order valence-corrected chi connectivity index (χ3v) is 3.71. The fourth-order valence-corrected chi connectivity index (χ4v) is 2.51. The van der Waals surface area contributed by atoms with E-state index in [2.05, 4.69) is 5.32 Å². The van der Waals surface area contributed by atoms with Crippen molar-refractivity contribution in [2.75, 3.05) is 11.9 Å². The van der Waals surface area contributed by atoms with Gasteiger partial charge in [-0.15, -0.1) is 0 Å². The molecule has 0 saturated heterocycles. The van der Waals surface area contributed by atoms with Crippen molar-refractivity contribution in [2.45, 2.75) is 6.92 Å². The number of ether oxygens (including phenoxy) is 2. The Labute approximate surface area is 156 Å². The summed E-state index contributed by atoms with van der Waals surface area (Å²) in [5.74, 6) is -1.33. The molecule has 0 unspecified atom stereocenters. The fraction of sp³-hybridized carbons (Fsp3) is 0.0952. The third-order valence-electron chi connectivity index (χ3n) is 3.71. The van der Waals surface area contributed by atoms with Gasteiger partial charge in [-0.05, 0) is 42.8 Å². The maximum absolute atomic E-state index is 12.7. The summed E-state index contributed by atoms with van der Waals surface area (Å²) >= 11 is 0. The lowest BCUT2D eigenvalue weighted by Gasteiger charge is -2.08. The lowest BCUT2D eigenvalue weighted by atomic mass is 10.1. The van der Waals surface area contributed by atoms with E-state index in [-0.39, 0.29) is 23.8 Å². The fourth-order valence-electron chi connectivity index (χ4n) is 2.51. The van der Waals surface area contributed by atoms with E-state index in [0.717, 1.165) is 0 Å². The van der Waals surface area contributed by atoms with Gasteiger partial charge in [0.15, 0.2) is 11.3 Å². The zero-order valence-electron chi connectivity index (χ0n) is 14.6. The highest BCUT2D eigenvalue weighted by Gasteiger charge is 2.36. The summed E-state index contributed by atoms with van der Waals surface area (Å²) in [5.41, 5.74) is 1.54. The van der Waals surface area contributed by atoms with Crippen LogP contribution in [0.5, 0.6) is 0 Å². The van der Waals surface area contributed by atoms with Crippen LogP contribution in [0.2, 0.25) is 0 Å². The van der Waals surface area contributed by atoms with Crippen molar-refractivity contribution in [3.8, 4) is 6.07 Å². The molecule has 0 bridgehead atoms. The smallest absolute Gasteiger partial charge is 0.347 e. The van der Waals surface area contributed by atoms with Crippen LogP contribution in [0.25, 0.3) is 6.08 Å². The first kappa shape index (κ1) is 18.0. The summed E-state index contributed by atoms with van der Waals surface area (Å²) in [6.45, 7) is 1.80. The molecule has 134 valence electrons. The van der Waals surface area contributed by atoms with Gasteiger partial charge in [0.25, 0.3) is 0 Å². The second-order valence-corrected chi connectivity index (χ2v) is 5.59. The number of carbonyl (C=O) groups excluding carboxylic acids is 2. The quantitative estimate of drug-likeness (QED) is 0.499. The number of para-hydroxylation sites is 1. The highest BCUT2D eigenvalue weighted by molar-refractivity contribution is 6.26. The summed E-state index contributed by atoms with van der Waals surface area (Å²) in [4.78, 5) is 25.0. The number of rotatable bonds is 5. The van der Waals surface area contributed by atoms with Crippen molar-refractivity contribution in [3.63, 3.8) is 0 Å². The molecule has 27 heavy (non-hydrogen) atoms. The first-order valence-corrected chi connectivity index (χ1v) is 8.30. The molecule has 0 aliphatic carbocycles. The minimum Gasteiger partial charge on any atom is -0.462 e. The normalized spacial score (nSPS) is 14.7. The summed E-state index contributed by atoms with van der Waals surface area (Å²) in [5, 5.41) is 11.9. The number of allylic oxidation sites excluding steroid dienone is 1. The number of hydrogen-bond acceptors (Lipinski definition) is 6. The van der Waals surface area contributed by atoms with Gasteiger partial charge in [-0.1, -0.05) is 30.3 Å². The minimum absolute atomic E-state index is 0.0207. The van der Waals surface area contributed by atoms with Crippen molar-refractivity contribution in [1.82, 2.24) is 0 Å². The number of Topliss-reactive ketones (excluding diaryl/α,β-unsaturated/α-hetero) is 1. The average molecular weight is 360 g/mol. The number of nitriles is 1. The van der Waals surface area contributed by atoms with Crippen LogP contribution in [-0.4, -0.2) is 18.4 Å². The average Bonchev–Trinajstić information content (AvgIpc) is 2.98. The van der Waals surface area contributed by atoms with Gasteiger partial charge >= 0.3 is 5.97 Å². The molecule has 3 rings (SSSR count). The van der Waals surface area contributed by atoms with E-state index in [1.807, 2.05) is 24.3 Å². The van der Waals surface area contributed by atoms with E-state index in [9.17, 15) is 9.59 Å². The number of hydrogen-bond donors (Lipinski definition) is 1. The van der Waals surface area contributed by atoms with E-state index in [1.165, 1.54) is 6.08 Å². The number of carbonyl (C=O) groups is 2. The van der Waals surface area contributed by atoms with Crippen LogP contribution in [0, 0.1) is 11.3 Å². The highest BCUT2D eigenvalue weighted by Crippen LogP contribution is 2.28. The Hall–Kier alpha value is -3.85. The molecule has 0 aromatic heterocycles. The zero-order chi connectivity index (χ0) is 19.2. The number of esters is 1. The SMILES string of the molecule is CCOC(=O)C1=C(Nc2ccccc2)O/C(=C\c2cccc(C#N)c2)C1=O. The van der Waals surface area contributed by atoms with Crippen molar-refractivity contribution in [1.29, 1.82) is 5.26 Å². The number of anilines is 1. The van der Waals surface area contributed by atoms with Crippen LogP contribution in [-0.2, 0) is 19.1 Å². The lowest BCUT2D eigenvalue weighted by molar-refractivity contribution is -0.139. The molecule has 0 spiro atoms. The van der Waals surface area contributed by atoms with Crippen molar-refractivity contribution in [3.05, 3.63) is 82.9 Å². The molecule has 1 aliphatic rings. The Morgan fingerprint density at radius 3 is 2.70 bits per heavy atom. The van der Waals surface area contributed by atoms with Crippen LogP contribution in [0.3, 0.4) is 0 Å². The lowest BCUT2D eigenvalue weighted by Crippen LogP contribution is -2.16. The van der Waals surface area contributed by atoms with Gasteiger partial charge in [-0.2, -0.15) is 5.26 Å². The van der Waals surface area contributed by atoms with Gasteiger partial charge in [0.2, 0.25) is 11.7 Å². The van der Waals surface area contributed by atoms with E-state index in [4.69, 9.17) is 14.7 Å². The Kier molecular flexibility index (Phi) is 5.33. The van der Waals surface area contributed by atoms with Gasteiger partial charge in [0, 0.05) is 5.69 Å². The molecular formula is C21H16N2O4. The highest BCUT2D eigenvalue weighted by atomic mass is 16.5. The predicted molar refractivity (Wildman–Crippen MR) is 98.9 cm³/mol. The van der Waals surface area contributed by atoms with Crippen molar-refractivity contribution >= 4 is 23.5 Å². The predicted octanol–water partition coefficient (Wildman–Crippen LogP) is 3.39. The molecule has 2 aromatic carbocycles. The summed E-state index contributed by atoms with van der Waals surface area (Å²) in [7, 11) is 0. The minimum atomic E-state index is -0.755. The van der Waals surface area contributed by atoms with E-state index < -0.39 is 11.8 Å². The van der Waals surface area contributed by atoms with Crippen molar-refractivity contribution in [2.24, 2.45) is 0 Å². The van der Waals surface area contributed by atoms with Gasteiger partial charge in [0.05, 0.1) is 18.2 Å². The Bertz CT molecular complexity index is 985. The van der Waals surface area contributed by atoms with Crippen LogP contribution in [0.4, 0.5) is 5.69 Å². The van der Waals surface area contributed by atoms with Crippen LogP contribution >= 0.6 is 0 Å². The monoisotopic (exact) mass is 360 g/mol. The second-order valence-electron chi connectivity index (χ2n) is 5.59. The maximum Gasteiger partial charge on any atom is 0.347 e. The molecule has 1 heterocycles. The third kappa shape index (κ3) is 4.05. The first-order valence-electron chi connectivity index (χ1n) is 8.30. The number of benzene rings is 2. The molecule has 2 aromatic rings. The summed E-state index contributed by atoms with van der Waals surface area (Å²) < 4.78 is 10.6. The molecule has 6 nitrogen and oxygen atoms in total. The Balaban J connectivity index is 1.95. The Morgan fingerprint density at radius 2 is 2.00 bits per heavy atom. The van der Waals surface area contributed by atoms with Crippen LogP contribution in [0.1, 0.15) is 18.1 Å². The molecule has 0 amide bonds. The molecule has 6 heteroatoms. The standard InChI is InChI=1S/C21H16N2O4/c1-2-26-21(25)18-19(24)17(12-14-7-6-8-15(11-14)13-22)27-20(18)23-16-9-4-3-5-10-16/h3-12,23H,2H2,1H3/b17-12-. The van der Waals surface area contributed by atoms with Gasteiger partial charge in [-0.25, -0.2) is 4.79 Å². The van der Waals surface area contributed by atoms with Gasteiger partial charge < -0.3 is 14.8 Å². The topological polar surface area (TPSA) is 88.4 Å². The summed E-state index contributed by atoms with van der Waals surface area (Å²) in [6, 6.07) is 17.8. The molecule has 1 aliphatic heterocycles. The number of nitrogens with zero attached hydrogens (tertiary/aromatic N) is 1. The van der Waals surface area contributed by atoms with Gasteiger partial charge in [-0.3, -0.25) is 4.79 Å². The van der Waals surface area contributed by atoms with Crippen LogP contribution < -0.4 is 5.32 Å². The molecular weight excluding hydrogens is 344 g/mol. The second kappa shape index (κ2) is 8.02. The molecule has 0 fully saturated rings.